The number of ether oxygens (including phenoxy) is 1. The maximum Gasteiger partial charge on any atom is 0.511 e. The van der Waals surface area contributed by atoms with E-state index in [0.717, 1.165) is 6.20 Å². The molecule has 0 radical (unpaired) electrons. The number of carboxylic acid groups (broad SMARTS) is 1. The largest absolute Gasteiger partial charge is 0.511 e. The summed E-state index contributed by atoms with van der Waals surface area (Å²) in [6, 6.07) is 0.0329. The van der Waals surface area contributed by atoms with Crippen LogP contribution in [0.15, 0.2) is 29.2 Å². The van der Waals surface area contributed by atoms with E-state index in [4.69, 9.17) is 10.8 Å². The summed E-state index contributed by atoms with van der Waals surface area (Å²) in [6.07, 6.45) is -0.212. The van der Waals surface area contributed by atoms with Gasteiger partial charge in [0.25, 0.3) is 0 Å². The third kappa shape index (κ3) is 3.64. The SMILES string of the molecule is NC1C=CCC2CN(c3cc(C(F)(F)F)c4c(=O)c(OC(=O)O)cn(C5CC5)c4c3F)CC12. The number of carbonyl (C=O) groups is 1. The molecule has 0 spiro atoms. The topological polar surface area (TPSA) is 97.8 Å². The molecule has 7 nitrogen and oxygen atoms in total. The van der Waals surface area contributed by atoms with Crippen molar-refractivity contribution in [1.29, 1.82) is 0 Å². The highest BCUT2D eigenvalue weighted by molar-refractivity contribution is 5.89. The Labute approximate surface area is 185 Å². The van der Waals surface area contributed by atoms with E-state index in [1.165, 1.54) is 4.57 Å². The number of halogens is 4. The van der Waals surface area contributed by atoms with Crippen LogP contribution < -0.4 is 20.8 Å². The van der Waals surface area contributed by atoms with E-state index in [0.29, 0.717) is 38.4 Å². The van der Waals surface area contributed by atoms with E-state index in [1.54, 1.807) is 4.90 Å². The van der Waals surface area contributed by atoms with E-state index in [9.17, 15) is 22.8 Å². The fourth-order valence-electron chi connectivity index (χ4n) is 5.07. The number of anilines is 1. The average molecular weight is 467 g/mol. The zero-order valence-electron chi connectivity index (χ0n) is 17.3. The number of hydrogen-bond donors (Lipinski definition) is 2. The van der Waals surface area contributed by atoms with Gasteiger partial charge < -0.3 is 25.0 Å². The summed E-state index contributed by atoms with van der Waals surface area (Å²) >= 11 is 0. The molecule has 33 heavy (non-hydrogen) atoms. The second kappa shape index (κ2) is 7.47. The average Bonchev–Trinajstić information content (AvgIpc) is 3.47. The number of alkyl halides is 3. The number of nitrogens with zero attached hydrogens (tertiary/aromatic N) is 2. The summed E-state index contributed by atoms with van der Waals surface area (Å²) in [5, 5.41) is 7.99. The molecular weight excluding hydrogens is 446 g/mol. The minimum atomic E-state index is -4.98. The minimum Gasteiger partial charge on any atom is -0.449 e. The molecule has 3 N–H and O–H groups in total. The van der Waals surface area contributed by atoms with Crippen molar-refractivity contribution in [3.63, 3.8) is 0 Å². The van der Waals surface area contributed by atoms with Crippen LogP contribution in [0.1, 0.15) is 30.9 Å². The molecule has 11 heteroatoms. The number of hydrogen-bond acceptors (Lipinski definition) is 5. The molecule has 1 aromatic heterocycles. The maximum atomic E-state index is 15.9. The van der Waals surface area contributed by atoms with Crippen LogP contribution in [-0.4, -0.2) is 35.0 Å². The molecule has 0 amide bonds. The molecule has 1 aliphatic heterocycles. The number of rotatable bonds is 3. The molecule has 0 bridgehead atoms. The van der Waals surface area contributed by atoms with Gasteiger partial charge in [0.1, 0.15) is 0 Å². The Morgan fingerprint density at radius 1 is 1.24 bits per heavy atom. The summed E-state index contributed by atoms with van der Waals surface area (Å²) in [5.41, 5.74) is 2.78. The van der Waals surface area contributed by atoms with E-state index in [2.05, 4.69) is 4.74 Å². The molecule has 5 rings (SSSR count). The molecular formula is C22H21F4N3O4. The van der Waals surface area contributed by atoms with Crippen molar-refractivity contribution in [2.24, 2.45) is 17.6 Å². The number of aromatic nitrogens is 1. The van der Waals surface area contributed by atoms with Gasteiger partial charge in [-0.15, -0.1) is 0 Å². The first-order valence-corrected chi connectivity index (χ1v) is 10.6. The molecule has 2 heterocycles. The molecule has 2 aliphatic carbocycles. The van der Waals surface area contributed by atoms with Gasteiger partial charge >= 0.3 is 12.3 Å². The van der Waals surface area contributed by atoms with Gasteiger partial charge in [-0.05, 0) is 37.2 Å². The van der Waals surface area contributed by atoms with Crippen LogP contribution >= 0.6 is 0 Å². The Morgan fingerprint density at radius 2 is 1.97 bits per heavy atom. The van der Waals surface area contributed by atoms with Crippen LogP contribution in [0.25, 0.3) is 10.9 Å². The number of nitrogens with two attached hydrogens (primary N) is 1. The van der Waals surface area contributed by atoms with Gasteiger partial charge in [-0.1, -0.05) is 12.2 Å². The Morgan fingerprint density at radius 3 is 2.58 bits per heavy atom. The maximum absolute atomic E-state index is 15.9. The summed E-state index contributed by atoms with van der Waals surface area (Å²) in [4.78, 5) is 25.4. The predicted octanol–water partition coefficient (Wildman–Crippen LogP) is 3.89. The van der Waals surface area contributed by atoms with Crippen LogP contribution in [0.5, 0.6) is 5.75 Å². The van der Waals surface area contributed by atoms with Crippen LogP contribution in [0.3, 0.4) is 0 Å². The molecule has 1 aromatic carbocycles. The third-order valence-electron chi connectivity index (χ3n) is 6.75. The van der Waals surface area contributed by atoms with Gasteiger partial charge in [-0.2, -0.15) is 13.2 Å². The molecule has 2 fully saturated rings. The van der Waals surface area contributed by atoms with Crippen molar-refractivity contribution in [3.8, 4) is 5.75 Å². The van der Waals surface area contributed by atoms with Gasteiger partial charge in [-0.25, -0.2) is 9.18 Å². The second-order valence-electron chi connectivity index (χ2n) is 8.88. The Hall–Kier alpha value is -3.08. The minimum absolute atomic E-state index is 0.0172. The van der Waals surface area contributed by atoms with Gasteiger partial charge in [-0.3, -0.25) is 4.79 Å². The van der Waals surface area contributed by atoms with E-state index >= 15 is 4.39 Å². The Kier molecular flexibility index (Phi) is 4.93. The highest BCUT2D eigenvalue weighted by Crippen LogP contribution is 2.45. The van der Waals surface area contributed by atoms with Crippen LogP contribution in [0, 0.1) is 17.7 Å². The third-order valence-corrected chi connectivity index (χ3v) is 6.75. The van der Waals surface area contributed by atoms with E-state index in [-0.39, 0.29) is 29.6 Å². The normalized spacial score (nSPS) is 24.9. The Balaban J connectivity index is 1.75. The monoisotopic (exact) mass is 467 g/mol. The standard InChI is InChI=1S/C22H21F4N3O4/c23-18-15(28-7-10-2-1-3-14(27)12(10)8-28)6-13(22(24,25)26)17-19(18)29(11-4-5-11)9-16(20(17)30)33-21(31)32/h1,3,6,9-12,14H,2,4-5,7-8,27H2,(H,31,32). The lowest BCUT2D eigenvalue weighted by Gasteiger charge is -2.25. The predicted molar refractivity (Wildman–Crippen MR) is 111 cm³/mol. The molecule has 2 aromatic rings. The number of allylic oxidation sites excluding steroid dienone is 1. The van der Waals surface area contributed by atoms with Crippen molar-refractivity contribution in [1.82, 2.24) is 4.57 Å². The van der Waals surface area contributed by atoms with Crippen LogP contribution in [-0.2, 0) is 6.18 Å². The highest BCUT2D eigenvalue weighted by Gasteiger charge is 2.42. The number of benzene rings is 1. The molecule has 3 aliphatic rings. The quantitative estimate of drug-likeness (QED) is 0.404. The molecule has 1 saturated carbocycles. The molecule has 3 unspecified atom stereocenters. The van der Waals surface area contributed by atoms with E-state index < -0.39 is 45.8 Å². The lowest BCUT2D eigenvalue weighted by molar-refractivity contribution is -0.136. The van der Waals surface area contributed by atoms with Gasteiger partial charge in [0.2, 0.25) is 5.43 Å². The molecule has 3 atom stereocenters. The zero-order chi connectivity index (χ0) is 23.7. The fourth-order valence-corrected chi connectivity index (χ4v) is 5.07. The van der Waals surface area contributed by atoms with Crippen molar-refractivity contribution in [3.05, 3.63) is 46.0 Å². The molecule has 1 saturated heterocycles. The van der Waals surface area contributed by atoms with Gasteiger partial charge in [0.15, 0.2) is 11.6 Å². The molecule has 176 valence electrons. The highest BCUT2D eigenvalue weighted by atomic mass is 19.4. The van der Waals surface area contributed by atoms with Crippen molar-refractivity contribution < 1.29 is 32.2 Å². The summed E-state index contributed by atoms with van der Waals surface area (Å²) in [5.74, 6) is -1.66. The fraction of sp³-hybridized carbons (Fsp3) is 0.455. The van der Waals surface area contributed by atoms with Crippen molar-refractivity contribution in [2.45, 2.75) is 37.5 Å². The van der Waals surface area contributed by atoms with Crippen molar-refractivity contribution >= 4 is 22.7 Å². The first kappa shape index (κ1) is 21.7. The summed E-state index contributed by atoms with van der Waals surface area (Å²) < 4.78 is 63.9. The van der Waals surface area contributed by atoms with Crippen molar-refractivity contribution in [2.75, 3.05) is 18.0 Å². The van der Waals surface area contributed by atoms with Gasteiger partial charge in [0, 0.05) is 25.2 Å². The van der Waals surface area contributed by atoms with E-state index in [1.807, 2.05) is 12.2 Å². The first-order valence-electron chi connectivity index (χ1n) is 10.6. The lowest BCUT2D eigenvalue weighted by atomic mass is 9.83. The number of fused-ring (bicyclic) bond motifs is 2. The number of pyridine rings is 1. The smallest absolute Gasteiger partial charge is 0.449 e. The second-order valence-corrected chi connectivity index (χ2v) is 8.88. The van der Waals surface area contributed by atoms with Crippen LogP contribution in [0.4, 0.5) is 28.0 Å². The Bertz CT molecular complexity index is 1240. The summed E-state index contributed by atoms with van der Waals surface area (Å²) in [6.45, 7) is 0.639. The van der Waals surface area contributed by atoms with Crippen LogP contribution in [0.2, 0.25) is 0 Å². The van der Waals surface area contributed by atoms with Gasteiger partial charge in [0.05, 0.1) is 28.4 Å². The lowest BCUT2D eigenvalue weighted by Crippen LogP contribution is -2.35. The summed E-state index contributed by atoms with van der Waals surface area (Å²) in [7, 11) is 0. The first-order chi connectivity index (χ1) is 15.6. The zero-order valence-corrected chi connectivity index (χ0v) is 17.3.